The van der Waals surface area contributed by atoms with Gasteiger partial charge < -0.3 is 10.2 Å². The molecule has 0 aliphatic carbocycles. The molecule has 6 nitrogen and oxygen atoms in total. The second-order valence-corrected chi connectivity index (χ2v) is 6.69. The minimum absolute atomic E-state index is 0.156. The number of aromatic nitrogens is 3. The summed E-state index contributed by atoms with van der Waals surface area (Å²) < 4.78 is 1.31. The van der Waals surface area contributed by atoms with Crippen LogP contribution in [0.25, 0.3) is 4.96 Å². The topological polar surface area (TPSA) is 62.5 Å². The molecule has 0 bridgehead atoms. The van der Waals surface area contributed by atoms with E-state index in [0.717, 1.165) is 10.6 Å². The monoisotopic (exact) mass is 349 g/mol. The van der Waals surface area contributed by atoms with Crippen molar-refractivity contribution in [3.63, 3.8) is 0 Å². The van der Waals surface area contributed by atoms with Crippen LogP contribution in [0.1, 0.15) is 11.6 Å². The van der Waals surface area contributed by atoms with Gasteiger partial charge >= 0.3 is 0 Å². The van der Waals surface area contributed by atoms with E-state index in [4.69, 9.17) is 11.6 Å². The van der Waals surface area contributed by atoms with E-state index < -0.39 is 0 Å². The molecule has 0 spiro atoms. The maximum Gasteiger partial charge on any atom is 0.275 e. The van der Waals surface area contributed by atoms with Crippen molar-refractivity contribution in [1.29, 1.82) is 0 Å². The number of hydrogen-bond acceptors (Lipinski definition) is 6. The smallest absolute Gasteiger partial charge is 0.275 e. The number of nitrogens with zero attached hydrogens (tertiary/aromatic N) is 4. The largest absolute Gasteiger partial charge is 0.358 e. The Kier molecular flexibility index (Phi) is 4.61. The van der Waals surface area contributed by atoms with Crippen molar-refractivity contribution in [1.82, 2.24) is 19.5 Å². The fourth-order valence-corrected chi connectivity index (χ4v) is 3.19. The van der Waals surface area contributed by atoms with Gasteiger partial charge in [0.15, 0.2) is 0 Å². The molecule has 3 aromatic rings. The molecule has 1 N–H and O–H groups in total. The third kappa shape index (κ3) is 3.52. The first-order valence-corrected chi connectivity index (χ1v) is 8.24. The molecule has 23 heavy (non-hydrogen) atoms. The number of hydrogen-bond donors (Lipinski definition) is 1. The van der Waals surface area contributed by atoms with Crippen LogP contribution in [0.5, 0.6) is 0 Å². The van der Waals surface area contributed by atoms with Crippen molar-refractivity contribution in [3.05, 3.63) is 57.5 Å². The normalized spacial score (nSPS) is 12.7. The third-order valence-corrected chi connectivity index (χ3v) is 4.63. The van der Waals surface area contributed by atoms with Gasteiger partial charge in [-0.15, -0.1) is 5.10 Å². The lowest BCUT2D eigenvalue weighted by Crippen LogP contribution is -2.26. The first-order chi connectivity index (χ1) is 11.0. The Morgan fingerprint density at radius 2 is 2.04 bits per heavy atom. The van der Waals surface area contributed by atoms with Crippen LogP contribution >= 0.6 is 22.9 Å². The number of benzene rings is 1. The quantitative estimate of drug-likeness (QED) is 0.767. The van der Waals surface area contributed by atoms with Gasteiger partial charge in [0.05, 0.1) is 6.04 Å². The molecule has 8 heteroatoms. The minimum Gasteiger partial charge on any atom is -0.358 e. The summed E-state index contributed by atoms with van der Waals surface area (Å²) in [5, 5.41) is 8.94. The highest BCUT2D eigenvalue weighted by molar-refractivity contribution is 7.20. The van der Waals surface area contributed by atoms with Crippen LogP contribution in [0.2, 0.25) is 5.02 Å². The van der Waals surface area contributed by atoms with E-state index in [2.05, 4.69) is 20.3 Å². The number of halogens is 1. The number of likely N-dealkylation sites (N-methyl/N-ethyl adjacent to an activating group) is 1. The van der Waals surface area contributed by atoms with E-state index in [-0.39, 0.29) is 11.6 Å². The predicted molar refractivity (Wildman–Crippen MR) is 93.5 cm³/mol. The zero-order valence-electron chi connectivity index (χ0n) is 12.7. The third-order valence-electron chi connectivity index (χ3n) is 3.50. The van der Waals surface area contributed by atoms with Crippen LogP contribution in [0.15, 0.2) is 41.3 Å². The Bertz CT molecular complexity index is 858. The van der Waals surface area contributed by atoms with Crippen LogP contribution in [-0.2, 0) is 0 Å². The molecule has 1 unspecified atom stereocenters. The predicted octanol–water partition coefficient (Wildman–Crippen LogP) is 2.52. The fourth-order valence-electron chi connectivity index (χ4n) is 2.28. The van der Waals surface area contributed by atoms with Crippen LogP contribution in [-0.4, -0.2) is 40.1 Å². The summed E-state index contributed by atoms with van der Waals surface area (Å²) in [6.07, 6.45) is 1.50. The van der Waals surface area contributed by atoms with Gasteiger partial charge in [-0.1, -0.05) is 35.1 Å². The van der Waals surface area contributed by atoms with Crippen molar-refractivity contribution in [2.24, 2.45) is 0 Å². The molecular formula is C15H16ClN5OS. The summed E-state index contributed by atoms with van der Waals surface area (Å²) >= 11 is 7.30. The van der Waals surface area contributed by atoms with Gasteiger partial charge in [-0.25, -0.2) is 4.98 Å². The standard InChI is InChI=1S/C15H16ClN5OS/c1-20(2)12(10-3-5-11(16)6-4-10)9-18-14-19-21-13(22)7-8-17-15(21)23-14/h3-8,12H,9H2,1-2H3,(H,18,19). The number of rotatable bonds is 5. The van der Waals surface area contributed by atoms with E-state index in [1.807, 2.05) is 38.4 Å². The average molecular weight is 350 g/mol. The molecule has 0 saturated heterocycles. The van der Waals surface area contributed by atoms with Gasteiger partial charge in [0.25, 0.3) is 5.56 Å². The molecule has 0 radical (unpaired) electrons. The molecule has 0 aliphatic rings. The second-order valence-electron chi connectivity index (χ2n) is 5.30. The van der Waals surface area contributed by atoms with E-state index in [1.165, 1.54) is 28.1 Å². The first-order valence-electron chi connectivity index (χ1n) is 7.05. The molecule has 0 fully saturated rings. The molecule has 1 atom stereocenters. The average Bonchev–Trinajstić information content (AvgIpc) is 2.93. The van der Waals surface area contributed by atoms with Crippen molar-refractivity contribution in [2.75, 3.05) is 26.0 Å². The maximum atomic E-state index is 11.7. The van der Waals surface area contributed by atoms with Crippen molar-refractivity contribution >= 4 is 33.0 Å². The molecule has 2 heterocycles. The molecule has 2 aromatic heterocycles. The van der Waals surface area contributed by atoms with E-state index >= 15 is 0 Å². The molecule has 0 aliphatic heterocycles. The fraction of sp³-hybridized carbons (Fsp3) is 0.267. The summed E-state index contributed by atoms with van der Waals surface area (Å²) in [6, 6.07) is 9.35. The van der Waals surface area contributed by atoms with Gasteiger partial charge in [0, 0.05) is 23.8 Å². The Morgan fingerprint density at radius 3 is 2.70 bits per heavy atom. The molecule has 1 aromatic carbocycles. The van der Waals surface area contributed by atoms with Gasteiger partial charge in [-0.05, 0) is 31.8 Å². The molecule has 0 amide bonds. The zero-order chi connectivity index (χ0) is 16.4. The Balaban J connectivity index is 1.79. The summed E-state index contributed by atoms with van der Waals surface area (Å²) in [5.41, 5.74) is 0.976. The van der Waals surface area contributed by atoms with Gasteiger partial charge in [0.1, 0.15) is 0 Å². The van der Waals surface area contributed by atoms with Gasteiger partial charge in [-0.3, -0.25) is 4.79 Å². The highest BCUT2D eigenvalue weighted by Crippen LogP contribution is 2.22. The van der Waals surface area contributed by atoms with Crippen LogP contribution in [0, 0.1) is 0 Å². The Labute approximate surface area is 142 Å². The summed E-state index contributed by atoms with van der Waals surface area (Å²) in [4.78, 5) is 18.6. The lowest BCUT2D eigenvalue weighted by Gasteiger charge is -2.25. The second kappa shape index (κ2) is 6.66. The van der Waals surface area contributed by atoms with Crippen LogP contribution < -0.4 is 10.9 Å². The molecule has 0 saturated carbocycles. The van der Waals surface area contributed by atoms with Crippen LogP contribution in [0.4, 0.5) is 5.13 Å². The van der Waals surface area contributed by atoms with Gasteiger partial charge in [-0.2, -0.15) is 4.52 Å². The van der Waals surface area contributed by atoms with E-state index in [9.17, 15) is 4.79 Å². The molecule has 3 rings (SSSR count). The minimum atomic E-state index is -0.179. The van der Waals surface area contributed by atoms with E-state index in [1.54, 1.807) is 0 Å². The lowest BCUT2D eigenvalue weighted by atomic mass is 10.1. The van der Waals surface area contributed by atoms with Gasteiger partial charge in [0.2, 0.25) is 10.1 Å². The highest BCUT2D eigenvalue weighted by Gasteiger charge is 2.15. The maximum absolute atomic E-state index is 11.7. The number of nitrogens with one attached hydrogen (secondary N) is 1. The highest BCUT2D eigenvalue weighted by atomic mass is 35.5. The summed E-state index contributed by atoms with van der Waals surface area (Å²) in [6.45, 7) is 0.656. The zero-order valence-corrected chi connectivity index (χ0v) is 14.3. The van der Waals surface area contributed by atoms with Crippen molar-refractivity contribution in [2.45, 2.75) is 6.04 Å². The number of fused-ring (bicyclic) bond motifs is 1. The molecule has 120 valence electrons. The first kappa shape index (κ1) is 15.9. The Morgan fingerprint density at radius 1 is 1.30 bits per heavy atom. The van der Waals surface area contributed by atoms with Crippen LogP contribution in [0.3, 0.4) is 0 Å². The van der Waals surface area contributed by atoms with Crippen molar-refractivity contribution < 1.29 is 0 Å². The summed E-state index contributed by atoms with van der Waals surface area (Å²) in [5.74, 6) is 0. The lowest BCUT2D eigenvalue weighted by molar-refractivity contribution is 0.312. The summed E-state index contributed by atoms with van der Waals surface area (Å²) in [7, 11) is 4.04. The Hall–Kier alpha value is -1.96. The SMILES string of the molecule is CN(C)C(CNc1nn2c(=O)ccnc2s1)c1ccc(Cl)cc1. The molecular weight excluding hydrogens is 334 g/mol. The van der Waals surface area contributed by atoms with E-state index in [0.29, 0.717) is 16.6 Å². The van der Waals surface area contributed by atoms with Crippen molar-refractivity contribution in [3.8, 4) is 0 Å². The number of anilines is 1.